The molecule has 0 aliphatic carbocycles. The van der Waals surface area contributed by atoms with Crippen LogP contribution in [0.4, 0.5) is 10.1 Å². The van der Waals surface area contributed by atoms with E-state index in [1.807, 2.05) is 0 Å². The van der Waals surface area contributed by atoms with Gasteiger partial charge in [0, 0.05) is 0 Å². The van der Waals surface area contributed by atoms with E-state index in [4.69, 9.17) is 16.3 Å². The van der Waals surface area contributed by atoms with Gasteiger partial charge < -0.3 is 4.74 Å². The molecular formula is C8H5ClFNOS. The zero-order chi connectivity index (χ0) is 9.84. The second-order valence-corrected chi connectivity index (χ2v) is 2.68. The molecule has 2 nitrogen and oxygen atoms in total. The van der Waals surface area contributed by atoms with Crippen LogP contribution in [0.5, 0.6) is 5.75 Å². The molecule has 0 atom stereocenters. The number of methoxy groups -OCH3 is 1. The largest absolute Gasteiger partial charge is 0.493 e. The molecule has 1 aromatic carbocycles. The summed E-state index contributed by atoms with van der Waals surface area (Å²) < 4.78 is 17.7. The molecule has 0 amide bonds. The lowest BCUT2D eigenvalue weighted by molar-refractivity contribution is 0.413. The predicted octanol–water partition coefficient (Wildman–Crippen LogP) is 3.22. The number of rotatable bonds is 2. The zero-order valence-electron chi connectivity index (χ0n) is 6.67. The molecule has 0 saturated heterocycles. The van der Waals surface area contributed by atoms with Gasteiger partial charge in [0.25, 0.3) is 0 Å². The molecular weight excluding hydrogens is 213 g/mol. The molecule has 0 heterocycles. The number of benzene rings is 1. The number of nitrogens with zero attached hydrogens (tertiary/aromatic N) is 1. The Morgan fingerprint density at radius 3 is 2.85 bits per heavy atom. The van der Waals surface area contributed by atoms with Gasteiger partial charge in [0.15, 0.2) is 5.75 Å². The van der Waals surface area contributed by atoms with E-state index in [9.17, 15) is 4.39 Å². The molecule has 0 saturated carbocycles. The van der Waals surface area contributed by atoms with Gasteiger partial charge in [-0.3, -0.25) is 0 Å². The highest BCUT2D eigenvalue weighted by molar-refractivity contribution is 7.78. The summed E-state index contributed by atoms with van der Waals surface area (Å²) in [5, 5.41) is 2.05. The Morgan fingerprint density at radius 2 is 2.31 bits per heavy atom. The van der Waals surface area contributed by atoms with E-state index in [-0.39, 0.29) is 10.8 Å². The third-order valence-corrected chi connectivity index (χ3v) is 1.84. The third-order valence-electron chi connectivity index (χ3n) is 1.40. The molecule has 1 rings (SSSR count). The van der Waals surface area contributed by atoms with Gasteiger partial charge in [-0.2, -0.15) is 4.99 Å². The van der Waals surface area contributed by atoms with Crippen LogP contribution in [0.1, 0.15) is 0 Å². The van der Waals surface area contributed by atoms with Crippen LogP contribution in [0, 0.1) is 5.82 Å². The Balaban J connectivity index is 3.37. The molecule has 68 valence electrons. The lowest BCUT2D eigenvalue weighted by atomic mass is 10.3. The van der Waals surface area contributed by atoms with E-state index < -0.39 is 5.82 Å². The van der Waals surface area contributed by atoms with Crippen LogP contribution in [0.3, 0.4) is 0 Å². The number of isothiocyanates is 1. The standard InChI is InChI=1S/C8H5ClFNOS/c1-12-8-6(11-4-13)3-2-5(10)7(8)9/h2-3H,1H3. The van der Waals surface area contributed by atoms with Crippen LogP contribution in [0.25, 0.3) is 0 Å². The number of hydrogen-bond acceptors (Lipinski definition) is 3. The lowest BCUT2D eigenvalue weighted by Crippen LogP contribution is -1.87. The topological polar surface area (TPSA) is 21.6 Å². The molecule has 0 radical (unpaired) electrons. The second-order valence-electron chi connectivity index (χ2n) is 2.12. The fourth-order valence-corrected chi connectivity index (χ4v) is 1.19. The van der Waals surface area contributed by atoms with E-state index in [1.54, 1.807) is 0 Å². The Hall–Kier alpha value is -0.960. The van der Waals surface area contributed by atoms with Gasteiger partial charge in [0.1, 0.15) is 16.5 Å². The maximum absolute atomic E-state index is 12.9. The number of halogens is 2. The molecule has 0 aliphatic rings. The Bertz CT molecular complexity index is 377. The first-order valence-electron chi connectivity index (χ1n) is 3.30. The highest BCUT2D eigenvalue weighted by atomic mass is 35.5. The van der Waals surface area contributed by atoms with Gasteiger partial charge in [0.05, 0.1) is 12.3 Å². The second kappa shape index (κ2) is 4.33. The predicted molar refractivity (Wildman–Crippen MR) is 52.6 cm³/mol. The van der Waals surface area contributed by atoms with Crippen molar-refractivity contribution >= 4 is 34.7 Å². The van der Waals surface area contributed by atoms with E-state index in [1.165, 1.54) is 19.2 Å². The molecule has 0 aromatic heterocycles. The van der Waals surface area contributed by atoms with Crippen LogP contribution in [0.15, 0.2) is 17.1 Å². The Labute approximate surface area is 85.0 Å². The summed E-state index contributed by atoms with van der Waals surface area (Å²) >= 11 is 10.0. The summed E-state index contributed by atoms with van der Waals surface area (Å²) in [6, 6.07) is 2.61. The number of ether oxygens (including phenoxy) is 1. The van der Waals surface area contributed by atoms with Crippen molar-refractivity contribution in [1.29, 1.82) is 0 Å². The van der Waals surface area contributed by atoms with Gasteiger partial charge in [-0.1, -0.05) is 11.6 Å². The van der Waals surface area contributed by atoms with Crippen LogP contribution < -0.4 is 4.74 Å². The highest BCUT2D eigenvalue weighted by Gasteiger charge is 2.11. The molecule has 0 fully saturated rings. The van der Waals surface area contributed by atoms with Crippen molar-refractivity contribution in [2.45, 2.75) is 0 Å². The van der Waals surface area contributed by atoms with Crippen molar-refractivity contribution in [1.82, 2.24) is 0 Å². The summed E-state index contributed by atoms with van der Waals surface area (Å²) in [6.07, 6.45) is 0. The average Bonchev–Trinajstić information content (AvgIpc) is 2.12. The quantitative estimate of drug-likeness (QED) is 0.560. The molecule has 0 spiro atoms. The molecule has 0 N–H and O–H groups in total. The summed E-state index contributed by atoms with van der Waals surface area (Å²) in [7, 11) is 1.38. The fraction of sp³-hybridized carbons (Fsp3) is 0.125. The first kappa shape index (κ1) is 10.1. The first-order chi connectivity index (χ1) is 6.20. The summed E-state index contributed by atoms with van der Waals surface area (Å²) in [4.78, 5) is 3.67. The molecule has 0 bridgehead atoms. The smallest absolute Gasteiger partial charge is 0.166 e. The minimum Gasteiger partial charge on any atom is -0.493 e. The minimum atomic E-state index is -0.554. The number of thiocarbonyl (C=S) groups is 1. The SMILES string of the molecule is COc1c(N=C=S)ccc(F)c1Cl. The van der Waals surface area contributed by atoms with E-state index in [2.05, 4.69) is 22.4 Å². The van der Waals surface area contributed by atoms with Gasteiger partial charge >= 0.3 is 0 Å². The van der Waals surface area contributed by atoms with Crippen LogP contribution in [-0.4, -0.2) is 12.3 Å². The summed E-state index contributed by atoms with van der Waals surface area (Å²) in [6.45, 7) is 0. The zero-order valence-corrected chi connectivity index (χ0v) is 8.25. The van der Waals surface area contributed by atoms with Crippen molar-refractivity contribution < 1.29 is 9.13 Å². The molecule has 0 unspecified atom stereocenters. The summed E-state index contributed by atoms with van der Waals surface area (Å²) in [5.41, 5.74) is 0.365. The van der Waals surface area contributed by atoms with Crippen molar-refractivity contribution in [2.24, 2.45) is 4.99 Å². The van der Waals surface area contributed by atoms with Gasteiger partial charge in [-0.25, -0.2) is 4.39 Å². The van der Waals surface area contributed by atoms with E-state index >= 15 is 0 Å². The normalized spacial score (nSPS) is 9.15. The van der Waals surface area contributed by atoms with Crippen LogP contribution in [0.2, 0.25) is 5.02 Å². The van der Waals surface area contributed by atoms with Crippen molar-refractivity contribution in [3.63, 3.8) is 0 Å². The van der Waals surface area contributed by atoms with Crippen LogP contribution >= 0.6 is 23.8 Å². The maximum atomic E-state index is 12.9. The maximum Gasteiger partial charge on any atom is 0.166 e. The lowest BCUT2D eigenvalue weighted by Gasteiger charge is -2.05. The highest BCUT2D eigenvalue weighted by Crippen LogP contribution is 2.36. The van der Waals surface area contributed by atoms with Gasteiger partial charge in [0.2, 0.25) is 0 Å². The van der Waals surface area contributed by atoms with Gasteiger partial charge in [-0.15, -0.1) is 0 Å². The molecule has 1 aromatic rings. The number of aliphatic imine (C=N–C) groups is 1. The summed E-state index contributed by atoms with van der Waals surface area (Å²) in [5.74, 6) is -0.388. The van der Waals surface area contributed by atoms with E-state index in [0.717, 1.165) is 0 Å². The van der Waals surface area contributed by atoms with Gasteiger partial charge in [-0.05, 0) is 24.4 Å². The third kappa shape index (κ3) is 2.04. The molecule has 5 heteroatoms. The Morgan fingerprint density at radius 1 is 1.62 bits per heavy atom. The van der Waals surface area contributed by atoms with Crippen molar-refractivity contribution in [3.05, 3.63) is 23.0 Å². The van der Waals surface area contributed by atoms with Crippen molar-refractivity contribution in [2.75, 3.05) is 7.11 Å². The van der Waals surface area contributed by atoms with Crippen molar-refractivity contribution in [3.8, 4) is 5.75 Å². The molecule has 13 heavy (non-hydrogen) atoms. The van der Waals surface area contributed by atoms with Crippen LogP contribution in [-0.2, 0) is 0 Å². The molecule has 0 aliphatic heterocycles. The monoisotopic (exact) mass is 217 g/mol. The average molecular weight is 218 g/mol. The minimum absolute atomic E-state index is 0.103. The fourth-order valence-electron chi connectivity index (χ4n) is 0.853. The first-order valence-corrected chi connectivity index (χ1v) is 4.09. The number of hydrogen-bond donors (Lipinski definition) is 0. The Kier molecular flexibility index (Phi) is 3.37. The van der Waals surface area contributed by atoms with E-state index in [0.29, 0.717) is 5.69 Å².